The lowest BCUT2D eigenvalue weighted by Gasteiger charge is -2.40. The molecule has 8 nitrogen and oxygen atoms in total. The predicted octanol–water partition coefficient (Wildman–Crippen LogP) is 4.32. The Morgan fingerprint density at radius 1 is 0.952 bits per heavy atom. The summed E-state index contributed by atoms with van der Waals surface area (Å²) in [7, 11) is 0. The molecule has 3 atom stereocenters. The summed E-state index contributed by atoms with van der Waals surface area (Å²) in [6.45, 7) is 1.01. The standard InChI is InChI=1S/C26H36F3N3O3.C2HF3O2/c27-26(28,29)21-6-4-17(5-7-21)15-31(24(34)16-33)10-11-32-22-8-9-23(32)14-20(13-22)18-2-1-3-19(12-18)25(30)35;3-2(4,5)1(6)7/h1-3,12,17,20-23,33H,4-11,13-16H2,(H2,30,35);(H,6,7)/t17?,20?,21?,22-,23+;. The quantitative estimate of drug-likeness (QED) is 0.378. The zero-order valence-electron chi connectivity index (χ0n) is 23.0. The number of carbonyl (C=O) groups is 3. The Morgan fingerprint density at radius 2 is 1.52 bits per heavy atom. The van der Waals surface area contributed by atoms with E-state index in [1.54, 1.807) is 11.0 Å². The molecule has 1 aromatic rings. The van der Waals surface area contributed by atoms with Crippen LogP contribution in [0.2, 0.25) is 0 Å². The van der Waals surface area contributed by atoms with Crippen molar-refractivity contribution in [3.63, 3.8) is 0 Å². The van der Waals surface area contributed by atoms with Gasteiger partial charge in [0.05, 0.1) is 5.92 Å². The van der Waals surface area contributed by atoms with Gasteiger partial charge in [0.15, 0.2) is 0 Å². The van der Waals surface area contributed by atoms with Crippen molar-refractivity contribution in [1.29, 1.82) is 0 Å². The molecule has 0 aromatic heterocycles. The van der Waals surface area contributed by atoms with Crippen LogP contribution >= 0.6 is 0 Å². The number of aliphatic hydroxyl groups is 1. The molecule has 1 aliphatic carbocycles. The van der Waals surface area contributed by atoms with Crippen LogP contribution in [0.4, 0.5) is 26.3 Å². The van der Waals surface area contributed by atoms with Gasteiger partial charge in [-0.2, -0.15) is 26.3 Å². The summed E-state index contributed by atoms with van der Waals surface area (Å²) in [6, 6.07) is 8.36. The summed E-state index contributed by atoms with van der Waals surface area (Å²) in [4.78, 5) is 37.0. The second kappa shape index (κ2) is 14.1. The monoisotopic (exact) mass is 609 g/mol. The highest BCUT2D eigenvalue weighted by Gasteiger charge is 2.43. The SMILES string of the molecule is NC(=O)c1cccc(C2C[C@H]3CC[C@@H](C2)N3CCN(CC2CCC(C(F)(F)F)CC2)C(=O)CO)c1.O=C(O)C(F)(F)F. The molecule has 4 N–H and O–H groups in total. The van der Waals surface area contributed by atoms with Gasteiger partial charge in [0.25, 0.3) is 0 Å². The molecule has 1 unspecified atom stereocenters. The Hall–Kier alpha value is -2.87. The van der Waals surface area contributed by atoms with E-state index in [0.717, 1.165) is 31.2 Å². The predicted molar refractivity (Wildman–Crippen MR) is 139 cm³/mol. The summed E-state index contributed by atoms with van der Waals surface area (Å²) in [5.74, 6) is -4.36. The van der Waals surface area contributed by atoms with Crippen LogP contribution in [-0.4, -0.2) is 88.5 Å². The Kier molecular flexibility index (Phi) is 11.3. The molecule has 2 aliphatic heterocycles. The molecule has 4 rings (SSSR count). The van der Waals surface area contributed by atoms with Gasteiger partial charge < -0.3 is 20.8 Å². The molecular formula is C28H37F6N3O5. The molecule has 14 heteroatoms. The molecule has 2 bridgehead atoms. The number of rotatable bonds is 8. The van der Waals surface area contributed by atoms with Crippen molar-refractivity contribution in [3.05, 3.63) is 35.4 Å². The fourth-order valence-electron chi connectivity index (χ4n) is 6.50. The van der Waals surface area contributed by atoms with Crippen LogP contribution in [0, 0.1) is 11.8 Å². The third-order valence-electron chi connectivity index (χ3n) is 8.67. The molecule has 42 heavy (non-hydrogen) atoms. The number of fused-ring (bicyclic) bond motifs is 2. The number of nitrogens with two attached hydrogens (primary N) is 1. The number of carbonyl (C=O) groups excluding carboxylic acids is 2. The topological polar surface area (TPSA) is 124 Å². The Bertz CT molecular complexity index is 1080. The first kappa shape index (κ1) is 33.6. The van der Waals surface area contributed by atoms with Gasteiger partial charge in [0, 0.05) is 37.3 Å². The van der Waals surface area contributed by atoms with Crippen LogP contribution < -0.4 is 5.73 Å². The number of alkyl halides is 6. The molecule has 236 valence electrons. The summed E-state index contributed by atoms with van der Waals surface area (Å²) >= 11 is 0. The number of halogens is 6. The second-order valence-corrected chi connectivity index (χ2v) is 11.3. The highest BCUT2D eigenvalue weighted by atomic mass is 19.4. The summed E-state index contributed by atoms with van der Waals surface area (Å²) in [6.07, 6.45) is -3.94. The maximum atomic E-state index is 13.0. The number of piperidine rings is 1. The number of aliphatic carboxylic acids is 1. The zero-order valence-corrected chi connectivity index (χ0v) is 23.0. The summed E-state index contributed by atoms with van der Waals surface area (Å²) < 4.78 is 70.7. The van der Waals surface area contributed by atoms with E-state index in [0.29, 0.717) is 56.0 Å². The van der Waals surface area contributed by atoms with Crippen LogP contribution in [0.15, 0.2) is 24.3 Å². The van der Waals surface area contributed by atoms with Crippen LogP contribution in [0.25, 0.3) is 0 Å². The average Bonchev–Trinajstić information content (AvgIpc) is 3.16. The van der Waals surface area contributed by atoms with E-state index in [9.17, 15) is 41.0 Å². The number of amides is 2. The number of carboxylic acid groups (broad SMARTS) is 1. The third kappa shape index (κ3) is 9.06. The fourth-order valence-corrected chi connectivity index (χ4v) is 6.50. The van der Waals surface area contributed by atoms with E-state index in [2.05, 4.69) is 11.0 Å². The van der Waals surface area contributed by atoms with Crippen LogP contribution in [0.1, 0.15) is 73.2 Å². The molecule has 3 fully saturated rings. The Morgan fingerprint density at radius 3 is 2.00 bits per heavy atom. The number of benzene rings is 1. The van der Waals surface area contributed by atoms with E-state index in [-0.39, 0.29) is 24.7 Å². The van der Waals surface area contributed by atoms with Gasteiger partial charge in [0.2, 0.25) is 11.8 Å². The zero-order chi connectivity index (χ0) is 31.2. The third-order valence-corrected chi connectivity index (χ3v) is 8.67. The molecule has 2 saturated heterocycles. The van der Waals surface area contributed by atoms with Gasteiger partial charge in [-0.15, -0.1) is 0 Å². The molecular weight excluding hydrogens is 572 g/mol. The van der Waals surface area contributed by atoms with Crippen LogP contribution in [0.5, 0.6) is 0 Å². The van der Waals surface area contributed by atoms with E-state index in [1.165, 1.54) is 0 Å². The average molecular weight is 610 g/mol. The van der Waals surface area contributed by atoms with E-state index >= 15 is 0 Å². The molecule has 1 aromatic carbocycles. The van der Waals surface area contributed by atoms with Crippen molar-refractivity contribution in [1.82, 2.24) is 9.80 Å². The van der Waals surface area contributed by atoms with Crippen molar-refractivity contribution in [3.8, 4) is 0 Å². The Balaban J connectivity index is 0.000000616. The molecule has 0 spiro atoms. The van der Waals surface area contributed by atoms with Gasteiger partial charge in [0.1, 0.15) is 6.61 Å². The Labute approximate surface area is 239 Å². The summed E-state index contributed by atoms with van der Waals surface area (Å²) in [5.41, 5.74) is 7.12. The first-order valence-corrected chi connectivity index (χ1v) is 14.0. The van der Waals surface area contributed by atoms with Crippen LogP contribution in [-0.2, 0) is 9.59 Å². The van der Waals surface area contributed by atoms with Crippen molar-refractivity contribution in [2.75, 3.05) is 26.2 Å². The lowest BCUT2D eigenvalue weighted by molar-refractivity contribution is -0.192. The number of carboxylic acids is 1. The number of aliphatic hydroxyl groups excluding tert-OH is 1. The minimum Gasteiger partial charge on any atom is -0.475 e. The number of primary amides is 1. The van der Waals surface area contributed by atoms with Gasteiger partial charge >= 0.3 is 18.3 Å². The van der Waals surface area contributed by atoms with Gasteiger partial charge in [-0.25, -0.2) is 4.79 Å². The number of hydrogen-bond donors (Lipinski definition) is 3. The number of nitrogens with zero attached hydrogens (tertiary/aromatic N) is 2. The second-order valence-electron chi connectivity index (χ2n) is 11.3. The molecule has 3 aliphatic rings. The maximum absolute atomic E-state index is 13.0. The van der Waals surface area contributed by atoms with Gasteiger partial charge in [-0.05, 0) is 80.9 Å². The molecule has 2 heterocycles. The van der Waals surface area contributed by atoms with Crippen molar-refractivity contribution in [2.45, 2.75) is 81.7 Å². The molecule has 0 radical (unpaired) electrons. The lowest BCUT2D eigenvalue weighted by Crippen LogP contribution is -2.48. The first-order chi connectivity index (χ1) is 19.6. The first-order valence-electron chi connectivity index (χ1n) is 14.0. The van der Waals surface area contributed by atoms with Crippen LogP contribution in [0.3, 0.4) is 0 Å². The van der Waals surface area contributed by atoms with Crippen molar-refractivity contribution in [2.24, 2.45) is 17.6 Å². The van der Waals surface area contributed by atoms with Crippen molar-refractivity contribution >= 4 is 17.8 Å². The highest BCUT2D eigenvalue weighted by molar-refractivity contribution is 5.92. The van der Waals surface area contributed by atoms with E-state index in [1.807, 2.05) is 12.1 Å². The largest absolute Gasteiger partial charge is 0.490 e. The van der Waals surface area contributed by atoms with Gasteiger partial charge in [-0.3, -0.25) is 14.5 Å². The smallest absolute Gasteiger partial charge is 0.475 e. The van der Waals surface area contributed by atoms with Gasteiger partial charge in [-0.1, -0.05) is 12.1 Å². The molecule has 1 saturated carbocycles. The minimum absolute atomic E-state index is 0.0455. The maximum Gasteiger partial charge on any atom is 0.490 e. The van der Waals surface area contributed by atoms with Crippen molar-refractivity contribution < 1.29 is 50.9 Å². The van der Waals surface area contributed by atoms with E-state index < -0.39 is 36.8 Å². The minimum atomic E-state index is -5.08. The highest BCUT2D eigenvalue weighted by Crippen LogP contribution is 2.43. The normalized spacial score (nSPS) is 26.2. The lowest BCUT2D eigenvalue weighted by atomic mass is 9.81. The van der Waals surface area contributed by atoms with E-state index in [4.69, 9.17) is 15.6 Å². The fraction of sp³-hybridized carbons (Fsp3) is 0.679. The number of hydrogen-bond acceptors (Lipinski definition) is 5. The summed E-state index contributed by atoms with van der Waals surface area (Å²) in [5, 5.41) is 16.6. The molecule has 2 amide bonds.